The smallest absolute Gasteiger partial charge is 0.326 e. The van der Waals surface area contributed by atoms with E-state index in [-0.39, 0.29) is 39.4 Å². The molecule has 14 heteroatoms. The van der Waals surface area contributed by atoms with Crippen LogP contribution in [0, 0.1) is 0 Å². The Bertz CT molecular complexity index is 1210. The summed E-state index contributed by atoms with van der Waals surface area (Å²) in [5.41, 5.74) is 2.49. The van der Waals surface area contributed by atoms with Crippen LogP contribution in [0.5, 0.6) is 11.5 Å². The first-order chi connectivity index (χ1) is 20.6. The molecule has 0 saturated heterocycles. The largest absolute Gasteiger partial charge is 0.493 e. The van der Waals surface area contributed by atoms with Crippen LogP contribution >= 0.6 is 0 Å². The van der Waals surface area contributed by atoms with Crippen molar-refractivity contribution in [3.8, 4) is 11.5 Å². The number of rotatable bonds is 17. The van der Waals surface area contributed by atoms with Crippen LogP contribution < -0.4 is 14.8 Å². The third kappa shape index (κ3) is 9.88. The first-order valence-corrected chi connectivity index (χ1v) is 13.8. The molecule has 0 spiro atoms. The van der Waals surface area contributed by atoms with Crippen molar-refractivity contribution < 1.29 is 53.7 Å². The molecule has 1 aliphatic rings. The molecule has 236 valence electrons. The van der Waals surface area contributed by atoms with Crippen LogP contribution in [0.3, 0.4) is 0 Å². The maximum Gasteiger partial charge on any atom is 0.326 e. The molecule has 0 aliphatic carbocycles. The van der Waals surface area contributed by atoms with E-state index in [0.29, 0.717) is 24.3 Å². The number of hydrogen-bond acceptors (Lipinski definition) is 12. The lowest BCUT2D eigenvalue weighted by Gasteiger charge is -2.37. The number of aryl methyl sites for hydroxylation is 1. The monoisotopic (exact) mass is 605 g/mol. The fourth-order valence-corrected chi connectivity index (χ4v) is 4.79. The van der Waals surface area contributed by atoms with E-state index in [1.54, 1.807) is 19.1 Å². The van der Waals surface area contributed by atoms with E-state index in [9.17, 15) is 19.5 Å². The van der Waals surface area contributed by atoms with Crippen molar-refractivity contribution in [2.75, 3.05) is 40.6 Å². The van der Waals surface area contributed by atoms with Gasteiger partial charge >= 0.3 is 11.9 Å². The molecule has 0 radical (unpaired) electrons. The lowest BCUT2D eigenvalue weighted by molar-refractivity contribution is -0.493. The van der Waals surface area contributed by atoms with Gasteiger partial charge in [-0.15, -0.1) is 0 Å². The van der Waals surface area contributed by atoms with Crippen LogP contribution in [0.1, 0.15) is 30.0 Å². The van der Waals surface area contributed by atoms with E-state index in [0.717, 1.165) is 16.7 Å². The number of ether oxygens (including phenoxy) is 4. The van der Waals surface area contributed by atoms with E-state index in [1.165, 1.54) is 19.1 Å². The minimum Gasteiger partial charge on any atom is -0.493 e. The molecule has 0 saturated carbocycles. The summed E-state index contributed by atoms with van der Waals surface area (Å²) in [5.74, 6) is -1.27. The zero-order valence-corrected chi connectivity index (χ0v) is 24.4. The summed E-state index contributed by atoms with van der Waals surface area (Å²) in [4.78, 5) is 44.6. The van der Waals surface area contributed by atoms with Crippen molar-refractivity contribution >= 4 is 17.8 Å². The van der Waals surface area contributed by atoms with Crippen LogP contribution in [0.4, 0.5) is 0 Å². The average Bonchev–Trinajstić information content (AvgIpc) is 3.00. The Labute approximate surface area is 249 Å². The van der Waals surface area contributed by atoms with Crippen LogP contribution in [-0.2, 0) is 48.1 Å². The van der Waals surface area contributed by atoms with Gasteiger partial charge in [0.1, 0.15) is 18.7 Å². The number of carbonyl (C=O) groups is 3. The number of benzene rings is 2. The fraction of sp³-hybridized carbons (Fsp3) is 0.483. The number of amides is 1. The van der Waals surface area contributed by atoms with Crippen LogP contribution in [0.25, 0.3) is 0 Å². The molecule has 14 nitrogen and oxygen atoms in total. The normalized spacial score (nSPS) is 15.9. The number of carboxylic acid groups (broad SMARTS) is 1. The lowest BCUT2D eigenvalue weighted by Crippen LogP contribution is -2.56. The van der Waals surface area contributed by atoms with Crippen molar-refractivity contribution in [2.24, 2.45) is 0 Å². The van der Waals surface area contributed by atoms with Crippen molar-refractivity contribution in [2.45, 2.75) is 50.9 Å². The minimum atomic E-state index is -1.14. The molecule has 0 fully saturated rings. The zero-order chi connectivity index (χ0) is 31.4. The lowest BCUT2D eigenvalue weighted by atomic mass is 9.92. The number of nitrogens with zero attached hydrogens (tertiary/aromatic N) is 2. The molecule has 1 amide bonds. The van der Waals surface area contributed by atoms with Crippen molar-refractivity contribution in [3.63, 3.8) is 0 Å². The molecule has 1 aliphatic heterocycles. The van der Waals surface area contributed by atoms with Crippen LogP contribution in [0.2, 0.25) is 0 Å². The van der Waals surface area contributed by atoms with Crippen molar-refractivity contribution in [1.29, 1.82) is 0 Å². The number of aliphatic carboxylic acids is 1. The molecule has 0 aromatic heterocycles. The van der Waals surface area contributed by atoms with Gasteiger partial charge in [-0.2, -0.15) is 0 Å². The van der Waals surface area contributed by atoms with Gasteiger partial charge in [-0.05, 0) is 48.6 Å². The van der Waals surface area contributed by atoms with Gasteiger partial charge in [0.2, 0.25) is 5.91 Å². The van der Waals surface area contributed by atoms with Gasteiger partial charge < -0.3 is 29.0 Å². The molecular weight excluding hydrogens is 566 g/mol. The summed E-state index contributed by atoms with van der Waals surface area (Å²) in [6.45, 7) is 1.49. The molecular formula is C29H39N3O11. The summed E-state index contributed by atoms with van der Waals surface area (Å²) in [6.07, 6.45) is 0.931. The predicted octanol–water partition coefficient (Wildman–Crippen LogP) is 1.59. The average molecular weight is 606 g/mol. The minimum absolute atomic E-state index is 0.0265. The van der Waals surface area contributed by atoms with Gasteiger partial charge in [0.15, 0.2) is 11.5 Å². The SMILES string of the molecule is COc1cc2c(cc1OC)CN(C(=O)C(C)NC(CCc1ccccc1)C(=O)OCCOCCON(O)O)C(C(=O)O)C2. The Morgan fingerprint density at radius 2 is 1.65 bits per heavy atom. The van der Waals surface area contributed by atoms with Gasteiger partial charge in [0.25, 0.3) is 0 Å². The summed E-state index contributed by atoms with van der Waals surface area (Å²) in [5, 5.41) is 29.6. The third-order valence-electron chi connectivity index (χ3n) is 6.98. The van der Waals surface area contributed by atoms with Crippen LogP contribution in [0.15, 0.2) is 42.5 Å². The van der Waals surface area contributed by atoms with E-state index < -0.39 is 41.4 Å². The number of carbonyl (C=O) groups excluding carboxylic acids is 2. The van der Waals surface area contributed by atoms with E-state index in [2.05, 4.69) is 10.2 Å². The van der Waals surface area contributed by atoms with E-state index >= 15 is 0 Å². The molecule has 3 atom stereocenters. The molecule has 1 heterocycles. The van der Waals surface area contributed by atoms with Gasteiger partial charge in [-0.25, -0.2) is 9.63 Å². The zero-order valence-electron chi connectivity index (χ0n) is 24.4. The molecule has 43 heavy (non-hydrogen) atoms. The maximum atomic E-state index is 13.7. The summed E-state index contributed by atoms with van der Waals surface area (Å²) >= 11 is 0. The van der Waals surface area contributed by atoms with E-state index in [1.807, 2.05) is 30.3 Å². The van der Waals surface area contributed by atoms with Gasteiger partial charge in [0.05, 0.1) is 45.5 Å². The number of fused-ring (bicyclic) bond motifs is 1. The highest BCUT2D eigenvalue weighted by Gasteiger charge is 2.38. The molecule has 0 bridgehead atoms. The second-order valence-electron chi connectivity index (χ2n) is 9.83. The second-order valence-corrected chi connectivity index (χ2v) is 9.83. The Morgan fingerprint density at radius 3 is 2.28 bits per heavy atom. The van der Waals surface area contributed by atoms with Crippen molar-refractivity contribution in [1.82, 2.24) is 15.6 Å². The highest BCUT2D eigenvalue weighted by molar-refractivity contribution is 5.88. The van der Waals surface area contributed by atoms with Gasteiger partial charge in [0, 0.05) is 13.0 Å². The van der Waals surface area contributed by atoms with E-state index in [4.69, 9.17) is 29.4 Å². The number of nitrogens with one attached hydrogen (secondary N) is 1. The van der Waals surface area contributed by atoms with Gasteiger partial charge in [-0.3, -0.25) is 25.3 Å². The third-order valence-corrected chi connectivity index (χ3v) is 6.98. The summed E-state index contributed by atoms with van der Waals surface area (Å²) < 4.78 is 21.3. The quantitative estimate of drug-likeness (QED) is 0.116. The predicted molar refractivity (Wildman–Crippen MR) is 150 cm³/mol. The molecule has 2 aromatic rings. The Balaban J connectivity index is 1.69. The fourth-order valence-electron chi connectivity index (χ4n) is 4.79. The molecule has 3 unspecified atom stereocenters. The standard InChI is InChI=1S/C29H39N3O11/c1-19(27(33)31-18-22-17-26(40-3)25(39-2)16-21(22)15-24(31)28(34)35)30-23(10-9-20-7-5-4-6-8-20)29(36)42-13-11-41-12-14-43-32(37)38/h4-8,16-17,19,23-24,30,37-38H,9-15,18H2,1-3H3,(H,34,35). The number of methoxy groups -OCH3 is 2. The maximum absolute atomic E-state index is 13.7. The second kappa shape index (κ2) is 16.7. The molecule has 4 N–H and O–H groups in total. The topological polar surface area (TPSA) is 177 Å². The number of hydrogen-bond donors (Lipinski definition) is 4. The summed E-state index contributed by atoms with van der Waals surface area (Å²) in [6, 6.07) is 10.1. The van der Waals surface area contributed by atoms with Gasteiger partial charge in [-0.1, -0.05) is 30.3 Å². The summed E-state index contributed by atoms with van der Waals surface area (Å²) in [7, 11) is 2.99. The first-order valence-electron chi connectivity index (χ1n) is 13.8. The highest BCUT2D eigenvalue weighted by Crippen LogP contribution is 2.35. The molecule has 2 aromatic carbocycles. The highest BCUT2D eigenvalue weighted by atomic mass is 17.1. The Morgan fingerprint density at radius 1 is 1.00 bits per heavy atom. The molecule has 3 rings (SSSR count). The first kappa shape index (κ1) is 33.7. The van der Waals surface area contributed by atoms with Crippen molar-refractivity contribution in [3.05, 3.63) is 59.2 Å². The number of carboxylic acids is 1. The van der Waals surface area contributed by atoms with Crippen LogP contribution in [-0.4, -0.2) is 102 Å². The Hall–Kier alpha value is -3.79. The Kier molecular flexibility index (Phi) is 13.1. The number of esters is 1.